The highest BCUT2D eigenvalue weighted by atomic mass is 16.5. The Bertz CT molecular complexity index is 577. The van der Waals surface area contributed by atoms with Crippen LogP contribution in [0.5, 0.6) is 11.5 Å². The van der Waals surface area contributed by atoms with Crippen LogP contribution < -0.4 is 9.47 Å². The first kappa shape index (κ1) is 12.0. The fourth-order valence-corrected chi connectivity index (χ4v) is 1.64. The highest BCUT2D eigenvalue weighted by Crippen LogP contribution is 2.36. The minimum atomic E-state index is -1.06. The van der Waals surface area contributed by atoms with Gasteiger partial charge in [0.05, 0.1) is 26.0 Å². The van der Waals surface area contributed by atoms with Gasteiger partial charge >= 0.3 is 5.97 Å². The number of carboxylic acids is 1. The predicted octanol–water partition coefficient (Wildman–Crippen LogP) is 1.79. The molecular formula is C12H12N2O4. The Kier molecular flexibility index (Phi) is 3.18. The minimum Gasteiger partial charge on any atom is -0.493 e. The zero-order valence-corrected chi connectivity index (χ0v) is 9.93. The lowest BCUT2D eigenvalue weighted by molar-refractivity contribution is 0.0691. The number of imidazole rings is 1. The van der Waals surface area contributed by atoms with E-state index in [2.05, 4.69) is 9.97 Å². The van der Waals surface area contributed by atoms with E-state index in [4.69, 9.17) is 14.6 Å². The van der Waals surface area contributed by atoms with Crippen LogP contribution in [0.15, 0.2) is 24.4 Å². The van der Waals surface area contributed by atoms with Crippen molar-refractivity contribution in [3.05, 3.63) is 30.1 Å². The summed E-state index contributed by atoms with van der Waals surface area (Å²) < 4.78 is 10.4. The number of aromatic carboxylic acids is 1. The Hall–Kier alpha value is -2.50. The number of rotatable bonds is 4. The molecule has 0 atom stereocenters. The molecule has 0 amide bonds. The maximum Gasteiger partial charge on any atom is 0.353 e. The molecule has 0 bridgehead atoms. The highest BCUT2D eigenvalue weighted by Gasteiger charge is 2.15. The van der Waals surface area contributed by atoms with Gasteiger partial charge in [0, 0.05) is 0 Å². The number of carboxylic acid groups (broad SMARTS) is 1. The zero-order valence-electron chi connectivity index (χ0n) is 9.93. The normalized spacial score (nSPS) is 10.1. The molecule has 0 spiro atoms. The number of aromatic nitrogens is 2. The van der Waals surface area contributed by atoms with Gasteiger partial charge in [0.2, 0.25) is 0 Å². The van der Waals surface area contributed by atoms with Crippen LogP contribution >= 0.6 is 0 Å². The first-order valence-electron chi connectivity index (χ1n) is 5.17. The Labute approximate surface area is 103 Å². The van der Waals surface area contributed by atoms with E-state index >= 15 is 0 Å². The van der Waals surface area contributed by atoms with E-state index < -0.39 is 5.97 Å². The molecule has 1 aromatic heterocycles. The molecule has 2 aromatic rings. The molecule has 0 aliphatic carbocycles. The van der Waals surface area contributed by atoms with Crippen LogP contribution in [-0.2, 0) is 0 Å². The van der Waals surface area contributed by atoms with Crippen LogP contribution in [0.2, 0.25) is 0 Å². The van der Waals surface area contributed by atoms with Gasteiger partial charge in [-0.2, -0.15) is 0 Å². The van der Waals surface area contributed by atoms with Crippen molar-refractivity contribution in [1.29, 1.82) is 0 Å². The summed E-state index contributed by atoms with van der Waals surface area (Å²) in [6.45, 7) is 0. The maximum atomic E-state index is 10.8. The highest BCUT2D eigenvalue weighted by molar-refractivity contribution is 5.86. The number of nitrogens with zero attached hydrogens (tertiary/aromatic N) is 1. The van der Waals surface area contributed by atoms with Gasteiger partial charge in [-0.05, 0) is 12.1 Å². The second-order valence-corrected chi connectivity index (χ2v) is 3.49. The van der Waals surface area contributed by atoms with Crippen molar-refractivity contribution >= 4 is 5.97 Å². The molecule has 2 N–H and O–H groups in total. The summed E-state index contributed by atoms with van der Waals surface area (Å²) in [5.74, 6) is 0.424. The topological polar surface area (TPSA) is 84.4 Å². The first-order valence-corrected chi connectivity index (χ1v) is 5.17. The number of ether oxygens (including phenoxy) is 2. The lowest BCUT2D eigenvalue weighted by atomic mass is 10.1. The summed E-state index contributed by atoms with van der Waals surface area (Å²) in [6, 6.07) is 5.30. The van der Waals surface area contributed by atoms with Crippen molar-refractivity contribution in [1.82, 2.24) is 9.97 Å². The third-order valence-corrected chi connectivity index (χ3v) is 2.46. The molecule has 1 heterocycles. The van der Waals surface area contributed by atoms with Gasteiger partial charge in [0.25, 0.3) is 0 Å². The number of H-pyrrole nitrogens is 1. The number of hydrogen-bond donors (Lipinski definition) is 2. The molecule has 0 aliphatic heterocycles. The van der Waals surface area contributed by atoms with Crippen molar-refractivity contribution in [3.63, 3.8) is 0 Å². The fourth-order valence-electron chi connectivity index (χ4n) is 1.64. The molecule has 0 saturated carbocycles. The molecule has 1 aromatic carbocycles. The molecule has 0 fully saturated rings. The zero-order chi connectivity index (χ0) is 13.1. The Balaban J connectivity index is 2.52. The Morgan fingerprint density at radius 1 is 1.33 bits per heavy atom. The van der Waals surface area contributed by atoms with E-state index in [0.717, 1.165) is 0 Å². The van der Waals surface area contributed by atoms with Gasteiger partial charge in [0.15, 0.2) is 11.5 Å². The summed E-state index contributed by atoms with van der Waals surface area (Å²) in [7, 11) is 3.05. The number of carbonyl (C=O) groups is 1. The van der Waals surface area contributed by atoms with Gasteiger partial charge in [-0.25, -0.2) is 9.78 Å². The molecule has 0 unspecified atom stereocenters. The standard InChI is InChI=1S/C12H12N2O4/c1-17-9-5-3-4-7(10(9)18-2)11-13-6-8(14-11)12(15)16/h3-6H,1-2H3,(H,13,14)(H,15,16). The number of nitrogens with one attached hydrogen (secondary N) is 1. The van der Waals surface area contributed by atoms with Crippen molar-refractivity contribution in [2.45, 2.75) is 0 Å². The smallest absolute Gasteiger partial charge is 0.353 e. The molecule has 94 valence electrons. The average molecular weight is 248 g/mol. The van der Waals surface area contributed by atoms with Gasteiger partial charge < -0.3 is 19.6 Å². The summed E-state index contributed by atoms with van der Waals surface area (Å²) in [6.07, 6.45) is 1.26. The number of methoxy groups -OCH3 is 2. The van der Waals surface area contributed by atoms with Gasteiger partial charge in [-0.3, -0.25) is 0 Å². The van der Waals surface area contributed by atoms with E-state index in [0.29, 0.717) is 22.9 Å². The predicted molar refractivity (Wildman–Crippen MR) is 64.1 cm³/mol. The quantitative estimate of drug-likeness (QED) is 0.861. The number of hydrogen-bond acceptors (Lipinski definition) is 4. The van der Waals surface area contributed by atoms with Crippen molar-refractivity contribution in [2.75, 3.05) is 14.2 Å². The number of aromatic amines is 1. The second-order valence-electron chi connectivity index (χ2n) is 3.49. The third kappa shape index (κ3) is 2.00. The minimum absolute atomic E-state index is 0.0230. The first-order chi connectivity index (χ1) is 8.67. The molecule has 0 aliphatic rings. The van der Waals surface area contributed by atoms with E-state index in [1.807, 2.05) is 0 Å². The molecule has 6 nitrogen and oxygen atoms in total. The van der Waals surface area contributed by atoms with E-state index in [-0.39, 0.29) is 5.69 Å². The van der Waals surface area contributed by atoms with E-state index in [1.54, 1.807) is 18.2 Å². The SMILES string of the molecule is COc1cccc(-c2ncc(C(=O)O)[nH]2)c1OC. The molecule has 2 rings (SSSR count). The summed E-state index contributed by atoms with van der Waals surface area (Å²) in [5.41, 5.74) is 0.666. The number of para-hydroxylation sites is 1. The van der Waals surface area contributed by atoms with Crippen molar-refractivity contribution < 1.29 is 19.4 Å². The second kappa shape index (κ2) is 4.79. The summed E-state index contributed by atoms with van der Waals surface area (Å²) in [5, 5.41) is 8.85. The summed E-state index contributed by atoms with van der Waals surface area (Å²) in [4.78, 5) is 17.5. The van der Waals surface area contributed by atoms with Crippen molar-refractivity contribution in [3.8, 4) is 22.9 Å². The van der Waals surface area contributed by atoms with Crippen molar-refractivity contribution in [2.24, 2.45) is 0 Å². The molecule has 6 heteroatoms. The van der Waals surface area contributed by atoms with Crippen LogP contribution in [0.4, 0.5) is 0 Å². The Morgan fingerprint density at radius 2 is 2.11 bits per heavy atom. The van der Waals surface area contributed by atoms with E-state index in [9.17, 15) is 4.79 Å². The van der Waals surface area contributed by atoms with Crippen LogP contribution in [0.3, 0.4) is 0 Å². The maximum absolute atomic E-state index is 10.8. The monoisotopic (exact) mass is 248 g/mol. The van der Waals surface area contributed by atoms with Gasteiger partial charge in [0.1, 0.15) is 11.5 Å². The molecule has 0 saturated heterocycles. The van der Waals surface area contributed by atoms with Crippen LogP contribution in [0.1, 0.15) is 10.5 Å². The van der Waals surface area contributed by atoms with Crippen LogP contribution in [-0.4, -0.2) is 35.3 Å². The molecule has 18 heavy (non-hydrogen) atoms. The van der Waals surface area contributed by atoms with Gasteiger partial charge in [-0.1, -0.05) is 6.07 Å². The lowest BCUT2D eigenvalue weighted by Crippen LogP contribution is -1.97. The van der Waals surface area contributed by atoms with Crippen LogP contribution in [0.25, 0.3) is 11.4 Å². The van der Waals surface area contributed by atoms with Gasteiger partial charge in [-0.15, -0.1) is 0 Å². The summed E-state index contributed by atoms with van der Waals surface area (Å²) >= 11 is 0. The lowest BCUT2D eigenvalue weighted by Gasteiger charge is -2.10. The fraction of sp³-hybridized carbons (Fsp3) is 0.167. The molecule has 0 radical (unpaired) electrons. The van der Waals surface area contributed by atoms with Crippen LogP contribution in [0, 0.1) is 0 Å². The molecular weight excluding hydrogens is 236 g/mol. The largest absolute Gasteiger partial charge is 0.493 e. The van der Waals surface area contributed by atoms with E-state index in [1.165, 1.54) is 20.4 Å². The average Bonchev–Trinajstić information content (AvgIpc) is 2.87. The Morgan fingerprint density at radius 3 is 2.67 bits per heavy atom. The third-order valence-electron chi connectivity index (χ3n) is 2.46. The number of benzene rings is 1.